The van der Waals surface area contributed by atoms with Crippen LogP contribution in [0.3, 0.4) is 0 Å². The largest absolute Gasteiger partial charge is 0.494 e. The fourth-order valence-corrected chi connectivity index (χ4v) is 2.75. The van der Waals surface area contributed by atoms with E-state index >= 15 is 0 Å². The summed E-state index contributed by atoms with van der Waals surface area (Å²) in [5, 5.41) is 0. The van der Waals surface area contributed by atoms with Gasteiger partial charge in [0.25, 0.3) is 0 Å². The lowest BCUT2D eigenvalue weighted by molar-refractivity contribution is 0.334. The highest BCUT2D eigenvalue weighted by molar-refractivity contribution is 5.38. The van der Waals surface area contributed by atoms with Crippen LogP contribution in [0.5, 0.6) is 5.75 Å². The van der Waals surface area contributed by atoms with Crippen LogP contribution in [-0.4, -0.2) is 13.2 Å². The second-order valence-corrected chi connectivity index (χ2v) is 6.00. The molecule has 2 aromatic carbocycles. The number of benzene rings is 2. The Bertz CT molecular complexity index is 575. The van der Waals surface area contributed by atoms with Gasteiger partial charge in [-0.15, -0.1) is 0 Å². The van der Waals surface area contributed by atoms with Crippen LogP contribution >= 0.6 is 0 Å². The van der Waals surface area contributed by atoms with E-state index in [1.165, 1.54) is 16.7 Å². The minimum absolute atomic E-state index is 0.285. The molecule has 0 saturated heterocycles. The van der Waals surface area contributed by atoms with E-state index in [0.717, 1.165) is 12.2 Å². The standard InChI is InChI=1S/C20H27NO/c1-4-22-20-8-6-5-7-19(20)18(14-21)13-16-9-11-17(12-10-16)15(2)3/h5-12,15,18H,4,13-14,21H2,1-3H3. The van der Waals surface area contributed by atoms with Gasteiger partial charge < -0.3 is 10.5 Å². The van der Waals surface area contributed by atoms with E-state index in [-0.39, 0.29) is 5.92 Å². The third-order valence-corrected chi connectivity index (χ3v) is 4.07. The van der Waals surface area contributed by atoms with Crippen LogP contribution in [0.15, 0.2) is 48.5 Å². The van der Waals surface area contributed by atoms with Gasteiger partial charge in [0.15, 0.2) is 0 Å². The number of ether oxygens (including phenoxy) is 1. The molecule has 1 atom stereocenters. The molecule has 2 N–H and O–H groups in total. The molecule has 0 saturated carbocycles. The summed E-state index contributed by atoms with van der Waals surface area (Å²) < 4.78 is 5.75. The summed E-state index contributed by atoms with van der Waals surface area (Å²) >= 11 is 0. The summed E-state index contributed by atoms with van der Waals surface area (Å²) in [4.78, 5) is 0. The number of nitrogens with two attached hydrogens (primary N) is 1. The first-order valence-corrected chi connectivity index (χ1v) is 8.16. The van der Waals surface area contributed by atoms with Crippen LogP contribution in [0, 0.1) is 0 Å². The van der Waals surface area contributed by atoms with Crippen molar-refractivity contribution in [3.8, 4) is 5.75 Å². The number of rotatable bonds is 7. The highest BCUT2D eigenvalue weighted by atomic mass is 16.5. The van der Waals surface area contributed by atoms with Crippen molar-refractivity contribution in [1.29, 1.82) is 0 Å². The van der Waals surface area contributed by atoms with E-state index in [0.29, 0.717) is 19.1 Å². The monoisotopic (exact) mass is 297 g/mol. The van der Waals surface area contributed by atoms with Crippen LogP contribution in [0.4, 0.5) is 0 Å². The van der Waals surface area contributed by atoms with E-state index in [9.17, 15) is 0 Å². The summed E-state index contributed by atoms with van der Waals surface area (Å²) in [6.45, 7) is 7.75. The third-order valence-electron chi connectivity index (χ3n) is 4.07. The van der Waals surface area contributed by atoms with Gasteiger partial charge in [0, 0.05) is 5.92 Å². The van der Waals surface area contributed by atoms with E-state index in [1.807, 2.05) is 19.1 Å². The molecule has 0 radical (unpaired) electrons. The van der Waals surface area contributed by atoms with Crippen molar-refractivity contribution < 1.29 is 4.74 Å². The van der Waals surface area contributed by atoms with Crippen LogP contribution in [0.25, 0.3) is 0 Å². The van der Waals surface area contributed by atoms with Gasteiger partial charge in [-0.25, -0.2) is 0 Å². The second kappa shape index (κ2) is 8.00. The topological polar surface area (TPSA) is 35.2 Å². The Morgan fingerprint density at radius 2 is 1.68 bits per heavy atom. The maximum atomic E-state index is 6.04. The molecule has 2 aromatic rings. The predicted octanol–water partition coefficient (Wildman–Crippen LogP) is 4.49. The molecule has 118 valence electrons. The first-order chi connectivity index (χ1) is 10.7. The van der Waals surface area contributed by atoms with Crippen LogP contribution in [-0.2, 0) is 6.42 Å². The second-order valence-electron chi connectivity index (χ2n) is 6.00. The van der Waals surface area contributed by atoms with Crippen molar-refractivity contribution >= 4 is 0 Å². The smallest absolute Gasteiger partial charge is 0.122 e. The average Bonchev–Trinajstić information content (AvgIpc) is 2.54. The van der Waals surface area contributed by atoms with Crippen molar-refractivity contribution in [2.45, 2.75) is 39.0 Å². The Morgan fingerprint density at radius 1 is 1.00 bits per heavy atom. The zero-order valence-corrected chi connectivity index (χ0v) is 13.9. The molecule has 0 bridgehead atoms. The summed E-state index contributed by atoms with van der Waals surface area (Å²) in [6.07, 6.45) is 0.943. The van der Waals surface area contributed by atoms with E-state index in [2.05, 4.69) is 50.2 Å². The first-order valence-electron chi connectivity index (χ1n) is 8.16. The molecule has 2 nitrogen and oxygen atoms in total. The van der Waals surface area contributed by atoms with Gasteiger partial charge in [-0.1, -0.05) is 56.3 Å². The normalized spacial score (nSPS) is 12.4. The Kier molecular flexibility index (Phi) is 6.02. The van der Waals surface area contributed by atoms with Crippen molar-refractivity contribution in [2.24, 2.45) is 5.73 Å². The van der Waals surface area contributed by atoms with Gasteiger partial charge in [-0.05, 0) is 48.6 Å². The molecule has 0 heterocycles. The third kappa shape index (κ3) is 4.11. The SMILES string of the molecule is CCOc1ccccc1C(CN)Cc1ccc(C(C)C)cc1. The van der Waals surface area contributed by atoms with E-state index < -0.39 is 0 Å². The Hall–Kier alpha value is -1.80. The van der Waals surface area contributed by atoms with Gasteiger partial charge in [-0.3, -0.25) is 0 Å². The fraction of sp³-hybridized carbons (Fsp3) is 0.400. The van der Waals surface area contributed by atoms with Gasteiger partial charge >= 0.3 is 0 Å². The molecule has 0 aliphatic carbocycles. The fourth-order valence-electron chi connectivity index (χ4n) is 2.75. The van der Waals surface area contributed by atoms with Crippen molar-refractivity contribution in [2.75, 3.05) is 13.2 Å². The Balaban J connectivity index is 2.18. The summed E-state index contributed by atoms with van der Waals surface area (Å²) in [5.74, 6) is 1.81. The molecular formula is C20H27NO. The molecule has 0 spiro atoms. The highest BCUT2D eigenvalue weighted by Gasteiger charge is 2.15. The van der Waals surface area contributed by atoms with Gasteiger partial charge in [-0.2, -0.15) is 0 Å². The van der Waals surface area contributed by atoms with Gasteiger partial charge in [0.1, 0.15) is 5.75 Å². The molecule has 1 unspecified atom stereocenters. The lowest BCUT2D eigenvalue weighted by Gasteiger charge is -2.19. The number of hydrogen-bond donors (Lipinski definition) is 1. The highest BCUT2D eigenvalue weighted by Crippen LogP contribution is 2.29. The number of hydrogen-bond acceptors (Lipinski definition) is 2. The van der Waals surface area contributed by atoms with Crippen LogP contribution in [0.1, 0.15) is 49.3 Å². The zero-order valence-electron chi connectivity index (χ0n) is 13.9. The van der Waals surface area contributed by atoms with Crippen molar-refractivity contribution in [1.82, 2.24) is 0 Å². The maximum Gasteiger partial charge on any atom is 0.122 e. The molecule has 0 aliphatic heterocycles. The molecule has 0 aromatic heterocycles. The average molecular weight is 297 g/mol. The van der Waals surface area contributed by atoms with Gasteiger partial charge in [0.05, 0.1) is 6.61 Å². The Morgan fingerprint density at radius 3 is 2.27 bits per heavy atom. The van der Waals surface area contributed by atoms with E-state index in [1.54, 1.807) is 0 Å². The van der Waals surface area contributed by atoms with Crippen molar-refractivity contribution in [3.63, 3.8) is 0 Å². The summed E-state index contributed by atoms with van der Waals surface area (Å²) in [5.41, 5.74) is 9.95. The first kappa shape index (κ1) is 16.6. The van der Waals surface area contributed by atoms with Crippen LogP contribution < -0.4 is 10.5 Å². The zero-order chi connectivity index (χ0) is 15.9. The quantitative estimate of drug-likeness (QED) is 0.817. The Labute approximate surface area is 134 Å². The number of para-hydroxylation sites is 1. The van der Waals surface area contributed by atoms with Crippen molar-refractivity contribution in [3.05, 3.63) is 65.2 Å². The molecular weight excluding hydrogens is 270 g/mol. The summed E-state index contributed by atoms with van der Waals surface area (Å²) in [7, 11) is 0. The molecule has 22 heavy (non-hydrogen) atoms. The molecule has 0 fully saturated rings. The van der Waals surface area contributed by atoms with E-state index in [4.69, 9.17) is 10.5 Å². The molecule has 0 aliphatic rings. The minimum atomic E-state index is 0.285. The minimum Gasteiger partial charge on any atom is -0.494 e. The predicted molar refractivity (Wildman–Crippen MR) is 93.6 cm³/mol. The maximum absolute atomic E-state index is 6.04. The molecule has 2 heteroatoms. The lowest BCUT2D eigenvalue weighted by atomic mass is 9.90. The van der Waals surface area contributed by atoms with Gasteiger partial charge in [0.2, 0.25) is 0 Å². The van der Waals surface area contributed by atoms with Crippen LogP contribution in [0.2, 0.25) is 0 Å². The molecule has 0 amide bonds. The lowest BCUT2D eigenvalue weighted by Crippen LogP contribution is -2.16. The summed E-state index contributed by atoms with van der Waals surface area (Å²) in [6, 6.07) is 17.1. The molecule has 2 rings (SSSR count).